The highest BCUT2D eigenvalue weighted by molar-refractivity contribution is 5.89. The van der Waals surface area contributed by atoms with E-state index >= 15 is 0 Å². The number of esters is 1. The molecule has 1 aromatic carbocycles. The quantitative estimate of drug-likeness (QED) is 0.438. The lowest BCUT2D eigenvalue weighted by Gasteiger charge is -2.11. The molecule has 0 fully saturated rings. The van der Waals surface area contributed by atoms with Gasteiger partial charge >= 0.3 is 5.97 Å². The fourth-order valence-electron chi connectivity index (χ4n) is 2.21. The molecule has 0 saturated carbocycles. The predicted molar refractivity (Wildman–Crippen MR) is 97.6 cm³/mol. The second-order valence-corrected chi connectivity index (χ2v) is 5.54. The fraction of sp³-hybridized carbons (Fsp3) is 0.368. The van der Waals surface area contributed by atoms with Crippen molar-refractivity contribution < 1.29 is 13.9 Å². The van der Waals surface area contributed by atoms with Gasteiger partial charge in [0, 0.05) is 19.5 Å². The Hall–Kier alpha value is -2.76. The molecule has 0 aliphatic carbocycles. The minimum Gasteiger partial charge on any atom is -0.469 e. The molecular weight excluding hydrogens is 318 g/mol. The first-order valence-electron chi connectivity index (χ1n) is 8.44. The van der Waals surface area contributed by atoms with Gasteiger partial charge in [-0.15, -0.1) is 0 Å². The molecule has 0 unspecified atom stereocenters. The number of furan rings is 1. The third-order valence-corrected chi connectivity index (χ3v) is 3.58. The zero-order valence-corrected chi connectivity index (χ0v) is 14.7. The summed E-state index contributed by atoms with van der Waals surface area (Å²) in [7, 11) is 1.38. The number of nitrogens with zero attached hydrogens (tertiary/aromatic N) is 1. The number of hydrogen-bond acceptors (Lipinski definition) is 4. The summed E-state index contributed by atoms with van der Waals surface area (Å²) in [6.07, 6.45) is 3.50. The van der Waals surface area contributed by atoms with Crippen molar-refractivity contribution >= 4 is 11.9 Å². The number of guanidine groups is 1. The van der Waals surface area contributed by atoms with Crippen LogP contribution in [0.25, 0.3) is 0 Å². The summed E-state index contributed by atoms with van der Waals surface area (Å²) < 4.78 is 10.0. The van der Waals surface area contributed by atoms with E-state index in [4.69, 9.17) is 9.15 Å². The van der Waals surface area contributed by atoms with Crippen LogP contribution in [-0.2, 0) is 17.7 Å². The van der Waals surface area contributed by atoms with Crippen molar-refractivity contribution in [3.05, 3.63) is 59.5 Å². The lowest BCUT2D eigenvalue weighted by Crippen LogP contribution is -2.38. The van der Waals surface area contributed by atoms with Gasteiger partial charge in [0.1, 0.15) is 5.76 Å². The Kier molecular flexibility index (Phi) is 7.56. The molecule has 1 aromatic heterocycles. The molecule has 134 valence electrons. The summed E-state index contributed by atoms with van der Waals surface area (Å²) in [5.41, 5.74) is 1.56. The van der Waals surface area contributed by atoms with Gasteiger partial charge in [-0.2, -0.15) is 0 Å². The molecule has 0 aliphatic heterocycles. The number of aliphatic imine (C=N–C) groups is 1. The maximum atomic E-state index is 11.4. The van der Waals surface area contributed by atoms with E-state index in [1.165, 1.54) is 7.11 Å². The molecule has 0 amide bonds. The monoisotopic (exact) mass is 343 g/mol. The minimum absolute atomic E-state index is 0.333. The Morgan fingerprint density at radius 2 is 1.92 bits per heavy atom. The number of benzene rings is 1. The molecule has 0 bridgehead atoms. The maximum Gasteiger partial charge on any atom is 0.337 e. The van der Waals surface area contributed by atoms with Crippen LogP contribution in [0.1, 0.15) is 35.0 Å². The summed E-state index contributed by atoms with van der Waals surface area (Å²) >= 11 is 0. The molecular formula is C19H25N3O3. The molecule has 2 rings (SSSR count). The number of carbonyl (C=O) groups excluding carboxylic acids is 1. The summed E-state index contributed by atoms with van der Waals surface area (Å²) in [5.74, 6) is 1.38. The Balaban J connectivity index is 1.90. The average Bonchev–Trinajstić information content (AvgIpc) is 3.16. The van der Waals surface area contributed by atoms with Gasteiger partial charge < -0.3 is 19.8 Å². The second-order valence-electron chi connectivity index (χ2n) is 5.54. The predicted octanol–water partition coefficient (Wildman–Crippen LogP) is 2.75. The number of methoxy groups -OCH3 is 1. The van der Waals surface area contributed by atoms with Crippen molar-refractivity contribution in [2.75, 3.05) is 20.2 Å². The van der Waals surface area contributed by atoms with E-state index in [2.05, 4.69) is 22.5 Å². The number of nitrogens with one attached hydrogen (secondary N) is 2. The number of carbonyl (C=O) groups is 1. The van der Waals surface area contributed by atoms with Crippen LogP contribution in [0.5, 0.6) is 0 Å². The highest BCUT2D eigenvalue weighted by Gasteiger charge is 2.04. The third-order valence-electron chi connectivity index (χ3n) is 3.58. The molecule has 0 aliphatic rings. The van der Waals surface area contributed by atoms with E-state index < -0.39 is 0 Å². The van der Waals surface area contributed by atoms with E-state index in [1.54, 1.807) is 18.4 Å². The van der Waals surface area contributed by atoms with Crippen LogP contribution in [0.2, 0.25) is 0 Å². The van der Waals surface area contributed by atoms with Crippen molar-refractivity contribution in [3.8, 4) is 0 Å². The molecule has 25 heavy (non-hydrogen) atoms. The van der Waals surface area contributed by atoms with E-state index in [9.17, 15) is 4.79 Å². The van der Waals surface area contributed by atoms with E-state index in [0.717, 1.165) is 43.2 Å². The normalized spacial score (nSPS) is 11.2. The molecule has 1 heterocycles. The maximum absolute atomic E-state index is 11.4. The fourth-order valence-corrected chi connectivity index (χ4v) is 2.21. The van der Waals surface area contributed by atoms with Gasteiger partial charge in [-0.3, -0.25) is 0 Å². The van der Waals surface area contributed by atoms with Crippen molar-refractivity contribution in [1.29, 1.82) is 0 Å². The van der Waals surface area contributed by atoms with Crippen LogP contribution in [0.3, 0.4) is 0 Å². The average molecular weight is 343 g/mol. The highest BCUT2D eigenvalue weighted by Crippen LogP contribution is 2.07. The van der Waals surface area contributed by atoms with Crippen LogP contribution in [0.4, 0.5) is 0 Å². The molecule has 6 heteroatoms. The Morgan fingerprint density at radius 3 is 2.56 bits per heavy atom. The van der Waals surface area contributed by atoms with E-state index in [-0.39, 0.29) is 5.97 Å². The Bertz CT molecular complexity index is 664. The third kappa shape index (κ3) is 6.33. The summed E-state index contributed by atoms with van der Waals surface area (Å²) in [6, 6.07) is 11.1. The zero-order valence-electron chi connectivity index (χ0n) is 14.7. The van der Waals surface area contributed by atoms with Gasteiger partial charge in [-0.1, -0.05) is 19.1 Å². The first-order valence-corrected chi connectivity index (χ1v) is 8.44. The summed E-state index contributed by atoms with van der Waals surface area (Å²) in [6.45, 7) is 4.23. The van der Waals surface area contributed by atoms with Crippen LogP contribution in [0.15, 0.2) is 52.1 Å². The van der Waals surface area contributed by atoms with Gasteiger partial charge in [-0.05, 0) is 36.2 Å². The molecule has 2 aromatic rings. The van der Waals surface area contributed by atoms with Gasteiger partial charge in [0.05, 0.1) is 25.5 Å². The molecule has 0 atom stereocenters. The lowest BCUT2D eigenvalue weighted by atomic mass is 10.1. The smallest absolute Gasteiger partial charge is 0.337 e. The first-order chi connectivity index (χ1) is 12.2. The van der Waals surface area contributed by atoms with Crippen molar-refractivity contribution in [3.63, 3.8) is 0 Å². The van der Waals surface area contributed by atoms with Gasteiger partial charge in [-0.25, -0.2) is 9.79 Å². The van der Waals surface area contributed by atoms with Gasteiger partial charge in [0.15, 0.2) is 5.96 Å². The van der Waals surface area contributed by atoms with Crippen LogP contribution < -0.4 is 10.6 Å². The lowest BCUT2D eigenvalue weighted by molar-refractivity contribution is 0.0600. The molecule has 6 nitrogen and oxygen atoms in total. The number of hydrogen-bond donors (Lipinski definition) is 2. The summed E-state index contributed by atoms with van der Waals surface area (Å²) in [4.78, 5) is 16.0. The molecule has 0 saturated heterocycles. The molecule has 0 radical (unpaired) electrons. The van der Waals surface area contributed by atoms with Crippen LogP contribution in [0, 0.1) is 0 Å². The van der Waals surface area contributed by atoms with E-state index in [0.29, 0.717) is 12.1 Å². The van der Waals surface area contributed by atoms with Crippen LogP contribution in [-0.4, -0.2) is 32.1 Å². The van der Waals surface area contributed by atoms with Crippen molar-refractivity contribution in [2.24, 2.45) is 4.99 Å². The Labute approximate surface area is 148 Å². The van der Waals surface area contributed by atoms with E-state index in [1.807, 2.05) is 24.3 Å². The van der Waals surface area contributed by atoms with Crippen LogP contribution >= 0.6 is 0 Å². The van der Waals surface area contributed by atoms with Gasteiger partial charge in [0.2, 0.25) is 0 Å². The molecule has 2 N–H and O–H groups in total. The summed E-state index contributed by atoms with van der Waals surface area (Å²) in [5, 5.41) is 6.60. The minimum atomic E-state index is -0.333. The zero-order chi connectivity index (χ0) is 17.9. The van der Waals surface area contributed by atoms with Crippen molar-refractivity contribution in [1.82, 2.24) is 10.6 Å². The SMILES string of the molecule is CCCNC(=NCc1ccc(C(=O)OC)cc1)NCCc1ccco1. The first kappa shape index (κ1) is 18.6. The van der Waals surface area contributed by atoms with Crippen molar-refractivity contribution in [2.45, 2.75) is 26.3 Å². The second kappa shape index (κ2) is 10.2. The highest BCUT2D eigenvalue weighted by atomic mass is 16.5. The Morgan fingerprint density at radius 1 is 1.16 bits per heavy atom. The standard InChI is InChI=1S/C19H25N3O3/c1-3-11-20-19(21-12-10-17-5-4-13-25-17)22-14-15-6-8-16(9-7-15)18(23)24-2/h4-9,13H,3,10-12,14H2,1-2H3,(H2,20,21,22). The van der Waals surface area contributed by atoms with Gasteiger partial charge in [0.25, 0.3) is 0 Å². The number of rotatable bonds is 8. The number of ether oxygens (including phenoxy) is 1. The molecule has 0 spiro atoms. The topological polar surface area (TPSA) is 75.9 Å². The largest absolute Gasteiger partial charge is 0.469 e.